The van der Waals surface area contributed by atoms with Crippen molar-refractivity contribution < 1.29 is 9.53 Å². The van der Waals surface area contributed by atoms with E-state index in [1.54, 1.807) is 11.6 Å². The number of aromatic nitrogens is 2. The van der Waals surface area contributed by atoms with Crippen LogP contribution >= 0.6 is 0 Å². The van der Waals surface area contributed by atoms with Crippen molar-refractivity contribution in [1.82, 2.24) is 9.78 Å². The summed E-state index contributed by atoms with van der Waals surface area (Å²) >= 11 is 0. The third-order valence-electron chi connectivity index (χ3n) is 3.83. The van der Waals surface area contributed by atoms with Gasteiger partial charge in [-0.2, -0.15) is 5.10 Å². The van der Waals surface area contributed by atoms with E-state index in [1.165, 1.54) is 0 Å². The van der Waals surface area contributed by atoms with E-state index in [0.29, 0.717) is 18.0 Å². The Morgan fingerprint density at radius 1 is 1.04 bits per heavy atom. The van der Waals surface area contributed by atoms with E-state index in [-0.39, 0.29) is 12.4 Å². The van der Waals surface area contributed by atoms with Crippen molar-refractivity contribution in [2.24, 2.45) is 12.0 Å². The number of nitrogens with zero attached hydrogens (tertiary/aromatic N) is 3. The first-order valence-corrected chi connectivity index (χ1v) is 8.55. The Balaban J connectivity index is 2.05. The van der Waals surface area contributed by atoms with Crippen molar-refractivity contribution in [2.75, 3.05) is 6.61 Å². The van der Waals surface area contributed by atoms with E-state index in [0.717, 1.165) is 16.8 Å². The molecule has 3 aromatic rings. The van der Waals surface area contributed by atoms with Gasteiger partial charge in [-0.1, -0.05) is 60.7 Å². The number of benzene rings is 2. The highest BCUT2D eigenvalue weighted by molar-refractivity contribution is 6.14. The van der Waals surface area contributed by atoms with Gasteiger partial charge in [0.25, 0.3) is 0 Å². The molecule has 0 amide bonds. The molecule has 132 valence electrons. The molecule has 0 aliphatic heterocycles. The first kappa shape index (κ1) is 17.6. The van der Waals surface area contributed by atoms with Crippen molar-refractivity contribution in [2.45, 2.75) is 13.3 Å². The first-order chi connectivity index (χ1) is 12.7. The summed E-state index contributed by atoms with van der Waals surface area (Å²) in [5.41, 5.74) is 4.12. The van der Waals surface area contributed by atoms with Crippen LogP contribution in [-0.4, -0.2) is 28.1 Å². The van der Waals surface area contributed by atoms with Crippen molar-refractivity contribution in [3.05, 3.63) is 83.7 Å². The number of rotatable bonds is 6. The Kier molecular flexibility index (Phi) is 5.59. The largest absolute Gasteiger partial charge is 0.466 e. The quantitative estimate of drug-likeness (QED) is 0.505. The molecule has 0 atom stereocenters. The Morgan fingerprint density at radius 3 is 2.15 bits per heavy atom. The van der Waals surface area contributed by atoms with Crippen LogP contribution in [-0.2, 0) is 23.0 Å². The maximum absolute atomic E-state index is 11.9. The summed E-state index contributed by atoms with van der Waals surface area (Å²) in [5, 5.41) is 4.38. The Bertz CT molecular complexity index is 858. The standard InChI is InChI=1S/C21H21N3O2/c1-3-26-20(25)14-18-19(15-24(2)23-18)22-21(16-10-6-4-7-11-16)17-12-8-5-9-13-17/h4-13,15H,3,14H2,1-2H3. The van der Waals surface area contributed by atoms with Crippen LogP contribution in [0.3, 0.4) is 0 Å². The van der Waals surface area contributed by atoms with Gasteiger partial charge in [-0.25, -0.2) is 4.99 Å². The summed E-state index contributed by atoms with van der Waals surface area (Å²) in [4.78, 5) is 16.7. The van der Waals surface area contributed by atoms with Gasteiger partial charge in [-0.05, 0) is 6.92 Å². The van der Waals surface area contributed by atoms with Gasteiger partial charge in [-0.15, -0.1) is 0 Å². The molecule has 0 aliphatic carbocycles. The number of hydrogen-bond acceptors (Lipinski definition) is 4. The van der Waals surface area contributed by atoms with E-state index >= 15 is 0 Å². The molecule has 5 nitrogen and oxygen atoms in total. The summed E-state index contributed by atoms with van der Waals surface area (Å²) in [5.74, 6) is -0.302. The molecule has 2 aromatic carbocycles. The molecule has 0 spiro atoms. The molecule has 0 aliphatic rings. The van der Waals surface area contributed by atoms with Gasteiger partial charge in [0, 0.05) is 18.2 Å². The molecule has 0 saturated carbocycles. The average molecular weight is 347 g/mol. The van der Waals surface area contributed by atoms with Crippen molar-refractivity contribution in [3.8, 4) is 0 Å². The summed E-state index contributed by atoms with van der Waals surface area (Å²) < 4.78 is 6.72. The van der Waals surface area contributed by atoms with Crippen LogP contribution in [0.2, 0.25) is 0 Å². The fourth-order valence-electron chi connectivity index (χ4n) is 2.70. The van der Waals surface area contributed by atoms with E-state index in [9.17, 15) is 4.79 Å². The molecule has 26 heavy (non-hydrogen) atoms. The predicted molar refractivity (Wildman–Crippen MR) is 102 cm³/mol. The predicted octanol–water partition coefficient (Wildman–Crippen LogP) is 3.69. The van der Waals surface area contributed by atoms with Crippen molar-refractivity contribution in [1.29, 1.82) is 0 Å². The lowest BCUT2D eigenvalue weighted by atomic mass is 10.0. The van der Waals surface area contributed by atoms with Gasteiger partial charge >= 0.3 is 5.97 Å². The van der Waals surface area contributed by atoms with Gasteiger partial charge < -0.3 is 4.74 Å². The highest BCUT2D eigenvalue weighted by atomic mass is 16.5. The maximum Gasteiger partial charge on any atom is 0.312 e. The van der Waals surface area contributed by atoms with Crippen LogP contribution in [0.25, 0.3) is 0 Å². The lowest BCUT2D eigenvalue weighted by Crippen LogP contribution is -2.09. The van der Waals surface area contributed by atoms with Gasteiger partial charge in [0.05, 0.1) is 30.6 Å². The minimum Gasteiger partial charge on any atom is -0.466 e. The van der Waals surface area contributed by atoms with Crippen LogP contribution in [0, 0.1) is 0 Å². The molecular formula is C21H21N3O2. The van der Waals surface area contributed by atoms with Gasteiger partial charge in [0.1, 0.15) is 5.69 Å². The molecular weight excluding hydrogens is 326 g/mol. The molecule has 1 heterocycles. The number of carbonyl (C=O) groups is 1. The molecule has 0 bridgehead atoms. The number of carbonyl (C=O) groups excluding carboxylic acids is 1. The maximum atomic E-state index is 11.9. The molecule has 3 rings (SSSR count). The van der Waals surface area contributed by atoms with Crippen molar-refractivity contribution >= 4 is 17.4 Å². The fraction of sp³-hybridized carbons (Fsp3) is 0.190. The van der Waals surface area contributed by atoms with Crippen LogP contribution in [0.4, 0.5) is 5.69 Å². The molecule has 1 aromatic heterocycles. The van der Waals surface area contributed by atoms with Crippen LogP contribution in [0.1, 0.15) is 23.7 Å². The average Bonchev–Trinajstić information content (AvgIpc) is 3.00. The third kappa shape index (κ3) is 4.25. The van der Waals surface area contributed by atoms with E-state index in [2.05, 4.69) is 5.10 Å². The normalized spacial score (nSPS) is 10.4. The third-order valence-corrected chi connectivity index (χ3v) is 3.83. The lowest BCUT2D eigenvalue weighted by Gasteiger charge is -2.07. The van der Waals surface area contributed by atoms with Crippen molar-refractivity contribution in [3.63, 3.8) is 0 Å². The summed E-state index contributed by atoms with van der Waals surface area (Å²) in [6.45, 7) is 2.14. The minimum absolute atomic E-state index is 0.102. The smallest absolute Gasteiger partial charge is 0.312 e. The monoisotopic (exact) mass is 347 g/mol. The van der Waals surface area contributed by atoms with Crippen LogP contribution in [0.15, 0.2) is 71.9 Å². The van der Waals surface area contributed by atoms with Gasteiger partial charge in [-0.3, -0.25) is 9.48 Å². The van der Waals surface area contributed by atoms with Crippen LogP contribution < -0.4 is 0 Å². The van der Waals surface area contributed by atoms with Gasteiger partial charge in [0.15, 0.2) is 0 Å². The zero-order valence-corrected chi connectivity index (χ0v) is 14.9. The summed E-state index contributed by atoms with van der Waals surface area (Å²) in [6.07, 6.45) is 1.92. The highest BCUT2D eigenvalue weighted by Crippen LogP contribution is 2.22. The topological polar surface area (TPSA) is 56.5 Å². The zero-order valence-electron chi connectivity index (χ0n) is 14.9. The summed E-state index contributed by atoms with van der Waals surface area (Å²) in [7, 11) is 1.82. The van der Waals surface area contributed by atoms with Gasteiger partial charge in [0.2, 0.25) is 0 Å². The Hall–Kier alpha value is -3.21. The Morgan fingerprint density at radius 2 is 1.62 bits per heavy atom. The number of ether oxygens (including phenoxy) is 1. The second-order valence-electron chi connectivity index (χ2n) is 5.81. The minimum atomic E-state index is -0.302. The summed E-state index contributed by atoms with van der Waals surface area (Å²) in [6, 6.07) is 20.0. The van der Waals surface area contributed by atoms with Crippen LogP contribution in [0.5, 0.6) is 0 Å². The SMILES string of the molecule is CCOC(=O)Cc1nn(C)cc1N=C(c1ccccc1)c1ccccc1. The highest BCUT2D eigenvalue weighted by Gasteiger charge is 2.15. The van der Waals surface area contributed by atoms with E-state index in [1.807, 2.05) is 73.9 Å². The second-order valence-corrected chi connectivity index (χ2v) is 5.81. The number of aryl methyl sites for hydroxylation is 1. The molecule has 5 heteroatoms. The molecule has 0 unspecified atom stereocenters. The van der Waals surface area contributed by atoms with E-state index < -0.39 is 0 Å². The molecule has 0 N–H and O–H groups in total. The van der Waals surface area contributed by atoms with E-state index in [4.69, 9.17) is 9.73 Å². The fourth-order valence-corrected chi connectivity index (χ4v) is 2.70. The molecule has 0 saturated heterocycles. The number of aliphatic imine (C=N–C) groups is 1. The number of hydrogen-bond donors (Lipinski definition) is 0. The zero-order chi connectivity index (χ0) is 18.4. The molecule has 0 radical (unpaired) electrons. The second kappa shape index (κ2) is 8.25. The number of esters is 1. The molecule has 0 fully saturated rings. The Labute approximate surface area is 153 Å². The first-order valence-electron chi connectivity index (χ1n) is 8.55. The lowest BCUT2D eigenvalue weighted by molar-refractivity contribution is -0.142.